The van der Waals surface area contributed by atoms with Gasteiger partial charge in [-0.2, -0.15) is 0 Å². The molecule has 0 atom stereocenters. The fourth-order valence-corrected chi connectivity index (χ4v) is 2.15. The van der Waals surface area contributed by atoms with E-state index >= 15 is 0 Å². The number of benzene rings is 1. The molecular formula is C15H18N2S. The lowest BCUT2D eigenvalue weighted by molar-refractivity contribution is 0.788. The van der Waals surface area contributed by atoms with Gasteiger partial charge in [-0.15, -0.1) is 0 Å². The van der Waals surface area contributed by atoms with Crippen LogP contribution in [0, 0.1) is 11.6 Å². The molecule has 94 valence electrons. The second kappa shape index (κ2) is 5.44. The molecule has 18 heavy (non-hydrogen) atoms. The van der Waals surface area contributed by atoms with Crippen LogP contribution in [-0.2, 0) is 6.42 Å². The third-order valence-corrected chi connectivity index (χ3v) is 3.26. The first-order valence-corrected chi connectivity index (χ1v) is 6.61. The third-order valence-electron chi connectivity index (χ3n) is 3.05. The largest absolute Gasteiger partial charge is 0.347 e. The first kappa shape index (κ1) is 13.0. The van der Waals surface area contributed by atoms with E-state index < -0.39 is 0 Å². The summed E-state index contributed by atoms with van der Waals surface area (Å²) in [5, 5.41) is 0. The van der Waals surface area contributed by atoms with Gasteiger partial charge in [-0.1, -0.05) is 50.3 Å². The Balaban J connectivity index is 2.35. The Labute approximate surface area is 113 Å². The molecule has 0 saturated heterocycles. The standard InChI is InChI=1S/C15H18N2S/c1-10(2)13-9-15(18)17-14(16-13)8-12-7-5-4-6-11(12)3/h4-7,9-10H,8H2,1-3H3,(H,16,17,18). The van der Waals surface area contributed by atoms with Gasteiger partial charge in [0, 0.05) is 12.1 Å². The summed E-state index contributed by atoms with van der Waals surface area (Å²) in [5.74, 6) is 1.38. The summed E-state index contributed by atoms with van der Waals surface area (Å²) >= 11 is 5.22. The Morgan fingerprint density at radius 2 is 2.00 bits per heavy atom. The average molecular weight is 258 g/mol. The molecule has 0 aliphatic heterocycles. The van der Waals surface area contributed by atoms with E-state index in [2.05, 4.69) is 55.0 Å². The van der Waals surface area contributed by atoms with Crippen molar-refractivity contribution in [2.24, 2.45) is 0 Å². The van der Waals surface area contributed by atoms with Gasteiger partial charge in [-0.25, -0.2) is 4.98 Å². The Morgan fingerprint density at radius 1 is 1.28 bits per heavy atom. The fourth-order valence-electron chi connectivity index (χ4n) is 1.91. The Hall–Kier alpha value is -1.48. The minimum atomic E-state index is 0.435. The lowest BCUT2D eigenvalue weighted by Gasteiger charge is -2.09. The maximum atomic E-state index is 5.22. The van der Waals surface area contributed by atoms with E-state index in [0.29, 0.717) is 10.6 Å². The highest BCUT2D eigenvalue weighted by molar-refractivity contribution is 7.71. The van der Waals surface area contributed by atoms with Crippen LogP contribution in [0.5, 0.6) is 0 Å². The molecule has 0 saturated carbocycles. The topological polar surface area (TPSA) is 28.7 Å². The van der Waals surface area contributed by atoms with Crippen LogP contribution in [0.1, 0.15) is 42.4 Å². The Kier molecular flexibility index (Phi) is 3.92. The van der Waals surface area contributed by atoms with Crippen molar-refractivity contribution < 1.29 is 0 Å². The molecule has 2 aromatic rings. The highest BCUT2D eigenvalue weighted by Gasteiger charge is 2.05. The number of aryl methyl sites for hydroxylation is 1. The monoisotopic (exact) mass is 258 g/mol. The van der Waals surface area contributed by atoms with Crippen LogP contribution in [0.3, 0.4) is 0 Å². The van der Waals surface area contributed by atoms with Gasteiger partial charge in [0.05, 0.1) is 0 Å². The smallest absolute Gasteiger partial charge is 0.130 e. The van der Waals surface area contributed by atoms with Gasteiger partial charge in [0.15, 0.2) is 0 Å². The molecule has 0 radical (unpaired) electrons. The van der Waals surface area contributed by atoms with Crippen LogP contribution in [0.4, 0.5) is 0 Å². The number of hydrogen-bond donors (Lipinski definition) is 1. The van der Waals surface area contributed by atoms with E-state index in [1.54, 1.807) is 0 Å². The molecule has 2 rings (SSSR count). The maximum Gasteiger partial charge on any atom is 0.130 e. The molecule has 3 heteroatoms. The van der Waals surface area contributed by atoms with Crippen molar-refractivity contribution in [3.8, 4) is 0 Å². The van der Waals surface area contributed by atoms with Crippen LogP contribution in [0.15, 0.2) is 30.3 Å². The van der Waals surface area contributed by atoms with E-state index in [-0.39, 0.29) is 0 Å². The number of aromatic amines is 1. The van der Waals surface area contributed by atoms with Crippen LogP contribution >= 0.6 is 12.2 Å². The minimum absolute atomic E-state index is 0.435. The quantitative estimate of drug-likeness (QED) is 0.837. The number of rotatable bonds is 3. The van der Waals surface area contributed by atoms with Gasteiger partial charge in [0.25, 0.3) is 0 Å². The van der Waals surface area contributed by atoms with E-state index in [4.69, 9.17) is 12.2 Å². The number of aromatic nitrogens is 2. The Morgan fingerprint density at radius 3 is 2.67 bits per heavy atom. The number of H-pyrrole nitrogens is 1. The van der Waals surface area contributed by atoms with Gasteiger partial charge in [-0.3, -0.25) is 0 Å². The second-order valence-electron chi connectivity index (χ2n) is 4.88. The molecular weight excluding hydrogens is 240 g/mol. The lowest BCUT2D eigenvalue weighted by Crippen LogP contribution is -2.03. The zero-order valence-corrected chi connectivity index (χ0v) is 11.8. The van der Waals surface area contributed by atoms with Gasteiger partial charge >= 0.3 is 0 Å². The van der Waals surface area contributed by atoms with E-state index in [0.717, 1.165) is 17.9 Å². The highest BCUT2D eigenvalue weighted by Crippen LogP contribution is 2.15. The van der Waals surface area contributed by atoms with Crippen LogP contribution in [-0.4, -0.2) is 9.97 Å². The molecule has 1 heterocycles. The van der Waals surface area contributed by atoms with Gasteiger partial charge in [-0.05, 0) is 30.0 Å². The average Bonchev–Trinajstić information content (AvgIpc) is 2.31. The van der Waals surface area contributed by atoms with Gasteiger partial charge in [0.1, 0.15) is 10.5 Å². The van der Waals surface area contributed by atoms with Crippen molar-refractivity contribution in [1.82, 2.24) is 9.97 Å². The molecule has 2 nitrogen and oxygen atoms in total. The van der Waals surface area contributed by atoms with Crippen molar-refractivity contribution >= 4 is 12.2 Å². The summed E-state index contributed by atoms with van der Waals surface area (Å²) in [4.78, 5) is 7.79. The summed E-state index contributed by atoms with van der Waals surface area (Å²) in [7, 11) is 0. The Bertz CT molecular complexity index is 599. The maximum absolute atomic E-state index is 5.22. The molecule has 1 aromatic carbocycles. The van der Waals surface area contributed by atoms with Crippen LogP contribution in [0.2, 0.25) is 0 Å². The van der Waals surface area contributed by atoms with Crippen LogP contribution in [0.25, 0.3) is 0 Å². The number of nitrogens with zero attached hydrogens (tertiary/aromatic N) is 1. The SMILES string of the molecule is Cc1ccccc1Cc1nc(=S)cc(C(C)C)[nH]1. The molecule has 0 bridgehead atoms. The first-order valence-electron chi connectivity index (χ1n) is 6.21. The zero-order valence-electron chi connectivity index (χ0n) is 11.0. The minimum Gasteiger partial charge on any atom is -0.347 e. The molecule has 0 fully saturated rings. The molecule has 0 aliphatic carbocycles. The summed E-state index contributed by atoms with van der Waals surface area (Å²) in [6.07, 6.45) is 0.802. The van der Waals surface area contributed by atoms with E-state index in [1.807, 2.05) is 6.07 Å². The lowest BCUT2D eigenvalue weighted by atomic mass is 10.1. The van der Waals surface area contributed by atoms with E-state index in [1.165, 1.54) is 11.1 Å². The highest BCUT2D eigenvalue weighted by atomic mass is 32.1. The summed E-state index contributed by atoms with van der Waals surface area (Å²) in [6, 6.07) is 10.3. The van der Waals surface area contributed by atoms with Crippen molar-refractivity contribution in [3.05, 3.63) is 57.6 Å². The summed E-state index contributed by atoms with van der Waals surface area (Å²) < 4.78 is 0.668. The van der Waals surface area contributed by atoms with Gasteiger partial charge in [0.2, 0.25) is 0 Å². The predicted octanol–water partition coefficient (Wildman–Crippen LogP) is 4.16. The zero-order chi connectivity index (χ0) is 13.1. The third kappa shape index (κ3) is 3.05. The molecule has 0 unspecified atom stereocenters. The van der Waals surface area contributed by atoms with Crippen molar-refractivity contribution in [2.75, 3.05) is 0 Å². The molecule has 1 N–H and O–H groups in total. The van der Waals surface area contributed by atoms with Gasteiger partial charge < -0.3 is 4.98 Å². The first-order chi connectivity index (χ1) is 8.56. The number of hydrogen-bond acceptors (Lipinski definition) is 2. The van der Waals surface area contributed by atoms with Crippen molar-refractivity contribution in [2.45, 2.75) is 33.1 Å². The molecule has 0 amide bonds. The molecule has 0 aliphatic rings. The summed E-state index contributed by atoms with van der Waals surface area (Å²) in [6.45, 7) is 6.42. The fraction of sp³-hybridized carbons (Fsp3) is 0.333. The van der Waals surface area contributed by atoms with E-state index in [9.17, 15) is 0 Å². The predicted molar refractivity (Wildman–Crippen MR) is 77.5 cm³/mol. The van der Waals surface area contributed by atoms with Crippen molar-refractivity contribution in [1.29, 1.82) is 0 Å². The summed E-state index contributed by atoms with van der Waals surface area (Å²) in [5.41, 5.74) is 3.73. The molecule has 1 aromatic heterocycles. The normalized spacial score (nSPS) is 10.9. The number of nitrogens with one attached hydrogen (secondary N) is 1. The molecule has 0 spiro atoms. The second-order valence-corrected chi connectivity index (χ2v) is 5.30. The van der Waals surface area contributed by atoms with Crippen molar-refractivity contribution in [3.63, 3.8) is 0 Å². The van der Waals surface area contributed by atoms with Crippen LogP contribution < -0.4 is 0 Å².